The molecular formula is C24H30BrFN2O3. The fourth-order valence-electron chi connectivity index (χ4n) is 3.18. The van der Waals surface area contributed by atoms with Gasteiger partial charge < -0.3 is 15.0 Å². The van der Waals surface area contributed by atoms with Crippen LogP contribution in [0.2, 0.25) is 0 Å². The molecule has 2 aromatic carbocycles. The molecule has 31 heavy (non-hydrogen) atoms. The number of nitrogens with one attached hydrogen (secondary N) is 1. The summed E-state index contributed by atoms with van der Waals surface area (Å²) in [5, 5.41) is 2.87. The van der Waals surface area contributed by atoms with E-state index in [1.807, 2.05) is 32.0 Å². The smallest absolute Gasteiger partial charge is 0.261 e. The van der Waals surface area contributed by atoms with Crippen molar-refractivity contribution in [2.24, 2.45) is 0 Å². The molecule has 0 bridgehead atoms. The highest BCUT2D eigenvalue weighted by molar-refractivity contribution is 9.10. The molecule has 5 nitrogen and oxygen atoms in total. The summed E-state index contributed by atoms with van der Waals surface area (Å²) in [5.74, 6) is -0.295. The van der Waals surface area contributed by atoms with Crippen molar-refractivity contribution in [3.63, 3.8) is 0 Å². The predicted molar refractivity (Wildman–Crippen MR) is 123 cm³/mol. The SMILES string of the molecule is CCCNC(=O)C(CC)N(Cc1ccc(F)cc1)C(=O)COc1ccc(CC)cc1Br. The Hall–Kier alpha value is -2.41. The standard InChI is InChI=1S/C24H30BrFN2O3/c1-4-13-27-24(30)21(6-3)28(15-18-7-10-19(26)11-8-18)23(29)16-31-22-12-9-17(5-2)14-20(22)25/h7-12,14,21H,4-6,13,15-16H2,1-3H3,(H,27,30). The van der Waals surface area contributed by atoms with Gasteiger partial charge in [0.1, 0.15) is 17.6 Å². The van der Waals surface area contributed by atoms with E-state index in [2.05, 4.69) is 28.2 Å². The van der Waals surface area contributed by atoms with Crippen LogP contribution in [-0.2, 0) is 22.6 Å². The van der Waals surface area contributed by atoms with E-state index in [-0.39, 0.29) is 30.8 Å². The summed E-state index contributed by atoms with van der Waals surface area (Å²) in [7, 11) is 0. The molecule has 0 aliphatic heterocycles. The minimum Gasteiger partial charge on any atom is -0.483 e. The van der Waals surface area contributed by atoms with Gasteiger partial charge >= 0.3 is 0 Å². The van der Waals surface area contributed by atoms with Crippen molar-refractivity contribution in [1.29, 1.82) is 0 Å². The lowest BCUT2D eigenvalue weighted by Crippen LogP contribution is -2.50. The van der Waals surface area contributed by atoms with E-state index in [0.29, 0.717) is 18.7 Å². The van der Waals surface area contributed by atoms with Crippen LogP contribution in [0.5, 0.6) is 5.75 Å². The second-order valence-corrected chi connectivity index (χ2v) is 8.12. The highest BCUT2D eigenvalue weighted by Crippen LogP contribution is 2.26. The van der Waals surface area contributed by atoms with Gasteiger partial charge in [0.25, 0.3) is 5.91 Å². The maximum Gasteiger partial charge on any atom is 0.261 e. The number of carbonyl (C=O) groups is 2. The van der Waals surface area contributed by atoms with Gasteiger partial charge in [-0.1, -0.05) is 39.0 Å². The highest BCUT2D eigenvalue weighted by Gasteiger charge is 2.28. The quantitative estimate of drug-likeness (QED) is 0.487. The molecule has 7 heteroatoms. The maximum atomic E-state index is 13.3. The summed E-state index contributed by atoms with van der Waals surface area (Å²) < 4.78 is 19.8. The summed E-state index contributed by atoms with van der Waals surface area (Å²) in [6, 6.07) is 11.0. The number of hydrogen-bond donors (Lipinski definition) is 1. The van der Waals surface area contributed by atoms with Crippen molar-refractivity contribution in [1.82, 2.24) is 10.2 Å². The molecule has 0 aromatic heterocycles. The number of carbonyl (C=O) groups excluding carboxylic acids is 2. The lowest BCUT2D eigenvalue weighted by Gasteiger charge is -2.30. The first-order valence-electron chi connectivity index (χ1n) is 10.6. The van der Waals surface area contributed by atoms with Crippen molar-refractivity contribution in [3.8, 4) is 5.75 Å². The largest absolute Gasteiger partial charge is 0.483 e. The average molecular weight is 493 g/mol. The summed E-state index contributed by atoms with van der Waals surface area (Å²) in [6.45, 7) is 6.42. The van der Waals surface area contributed by atoms with Crippen LogP contribution in [0.1, 0.15) is 44.7 Å². The lowest BCUT2D eigenvalue weighted by molar-refractivity contribution is -0.143. The Morgan fingerprint density at radius 2 is 1.77 bits per heavy atom. The topological polar surface area (TPSA) is 58.6 Å². The Morgan fingerprint density at radius 3 is 2.35 bits per heavy atom. The van der Waals surface area contributed by atoms with Gasteiger partial charge in [0.2, 0.25) is 5.91 Å². The number of benzene rings is 2. The van der Waals surface area contributed by atoms with Crippen LogP contribution in [0.25, 0.3) is 0 Å². The van der Waals surface area contributed by atoms with E-state index in [1.165, 1.54) is 17.0 Å². The van der Waals surface area contributed by atoms with Gasteiger partial charge in [0.05, 0.1) is 4.47 Å². The van der Waals surface area contributed by atoms with E-state index in [0.717, 1.165) is 28.4 Å². The van der Waals surface area contributed by atoms with E-state index in [4.69, 9.17) is 4.74 Å². The molecule has 0 radical (unpaired) electrons. The zero-order valence-electron chi connectivity index (χ0n) is 18.3. The molecule has 2 rings (SSSR count). The first kappa shape index (κ1) is 24.9. The van der Waals surface area contributed by atoms with Crippen LogP contribution in [0.4, 0.5) is 4.39 Å². The second kappa shape index (κ2) is 12.4. The van der Waals surface area contributed by atoms with Crippen LogP contribution >= 0.6 is 15.9 Å². The molecule has 168 valence electrons. The first-order valence-corrected chi connectivity index (χ1v) is 11.4. The fourth-order valence-corrected chi connectivity index (χ4v) is 3.72. The summed E-state index contributed by atoms with van der Waals surface area (Å²) in [4.78, 5) is 27.3. The third kappa shape index (κ3) is 7.35. The number of halogens is 2. The fraction of sp³-hybridized carbons (Fsp3) is 0.417. The first-order chi connectivity index (χ1) is 14.9. The summed E-state index contributed by atoms with van der Waals surface area (Å²) >= 11 is 3.48. The molecule has 0 saturated heterocycles. The Kier molecular flexibility index (Phi) is 9.98. The average Bonchev–Trinajstić information content (AvgIpc) is 2.77. The molecule has 0 spiro atoms. The Balaban J connectivity index is 2.19. The number of rotatable bonds is 11. The summed E-state index contributed by atoms with van der Waals surface area (Å²) in [5.41, 5.74) is 1.90. The van der Waals surface area contributed by atoms with Gasteiger partial charge in [-0.25, -0.2) is 4.39 Å². The number of aryl methyl sites for hydroxylation is 1. The van der Waals surface area contributed by atoms with Crippen LogP contribution in [-0.4, -0.2) is 35.9 Å². The number of amides is 2. The molecule has 1 atom stereocenters. The molecular weight excluding hydrogens is 463 g/mol. The van der Waals surface area contributed by atoms with Crippen LogP contribution in [0.15, 0.2) is 46.9 Å². The van der Waals surface area contributed by atoms with Crippen molar-refractivity contribution in [3.05, 3.63) is 63.9 Å². The van der Waals surface area contributed by atoms with E-state index in [1.54, 1.807) is 12.1 Å². The Labute approximate surface area is 192 Å². The highest BCUT2D eigenvalue weighted by atomic mass is 79.9. The van der Waals surface area contributed by atoms with Crippen LogP contribution in [0.3, 0.4) is 0 Å². The molecule has 1 unspecified atom stereocenters. The zero-order chi connectivity index (χ0) is 22.8. The number of hydrogen-bond acceptors (Lipinski definition) is 3. The molecule has 0 aliphatic carbocycles. The molecule has 0 fully saturated rings. The van der Waals surface area contributed by atoms with E-state index in [9.17, 15) is 14.0 Å². The number of ether oxygens (including phenoxy) is 1. The van der Waals surface area contributed by atoms with Crippen molar-refractivity contribution < 1.29 is 18.7 Å². The predicted octanol–water partition coefficient (Wildman–Crippen LogP) is 4.86. The minimum absolute atomic E-state index is 0.191. The third-order valence-corrected chi connectivity index (χ3v) is 5.58. The van der Waals surface area contributed by atoms with Crippen LogP contribution in [0, 0.1) is 5.82 Å². The van der Waals surface area contributed by atoms with E-state index >= 15 is 0 Å². The monoisotopic (exact) mass is 492 g/mol. The molecule has 0 heterocycles. The zero-order valence-corrected chi connectivity index (χ0v) is 19.9. The number of nitrogens with zero attached hydrogens (tertiary/aromatic N) is 1. The Morgan fingerprint density at radius 1 is 1.10 bits per heavy atom. The van der Waals surface area contributed by atoms with Crippen molar-refractivity contribution >= 4 is 27.7 Å². The summed E-state index contributed by atoms with van der Waals surface area (Å²) in [6.07, 6.45) is 2.16. The molecule has 1 N–H and O–H groups in total. The Bertz CT molecular complexity index is 874. The lowest BCUT2D eigenvalue weighted by atomic mass is 10.1. The molecule has 2 amide bonds. The third-order valence-electron chi connectivity index (χ3n) is 4.96. The minimum atomic E-state index is -0.640. The molecule has 2 aromatic rings. The van der Waals surface area contributed by atoms with Crippen molar-refractivity contribution in [2.75, 3.05) is 13.2 Å². The molecule has 0 saturated carbocycles. The van der Waals surface area contributed by atoms with Gasteiger partial charge in [-0.2, -0.15) is 0 Å². The van der Waals surface area contributed by atoms with Gasteiger partial charge in [-0.05, 0) is 70.6 Å². The van der Waals surface area contributed by atoms with Gasteiger partial charge in [0.15, 0.2) is 6.61 Å². The van der Waals surface area contributed by atoms with Crippen LogP contribution < -0.4 is 10.1 Å². The van der Waals surface area contributed by atoms with Gasteiger partial charge in [0, 0.05) is 13.1 Å². The normalized spacial score (nSPS) is 11.6. The van der Waals surface area contributed by atoms with Gasteiger partial charge in [-0.3, -0.25) is 9.59 Å². The van der Waals surface area contributed by atoms with Gasteiger partial charge in [-0.15, -0.1) is 0 Å². The van der Waals surface area contributed by atoms with E-state index < -0.39 is 6.04 Å². The van der Waals surface area contributed by atoms with Crippen molar-refractivity contribution in [2.45, 2.75) is 52.6 Å². The molecule has 0 aliphatic rings. The second-order valence-electron chi connectivity index (χ2n) is 7.27. The maximum absolute atomic E-state index is 13.3.